The van der Waals surface area contributed by atoms with Crippen LogP contribution >= 0.6 is 0 Å². The molecule has 1 aromatic carbocycles. The Labute approximate surface area is 161 Å². The molecule has 1 saturated carbocycles. The van der Waals surface area contributed by atoms with Crippen LogP contribution in [0.1, 0.15) is 50.5 Å². The number of phenols is 1. The average Bonchev–Trinajstić information content (AvgIpc) is 2.66. The lowest BCUT2D eigenvalue weighted by Gasteiger charge is -2.32. The number of ketones is 1. The van der Waals surface area contributed by atoms with Gasteiger partial charge in [-0.1, -0.05) is 6.07 Å². The van der Waals surface area contributed by atoms with Gasteiger partial charge in [0, 0.05) is 20.0 Å². The van der Waals surface area contributed by atoms with Crippen LogP contribution in [0.5, 0.6) is 11.5 Å². The summed E-state index contributed by atoms with van der Waals surface area (Å²) in [4.78, 5) is 12.2. The van der Waals surface area contributed by atoms with Crippen molar-refractivity contribution >= 4 is 5.78 Å². The number of carbonyl (C=O) groups is 1. The maximum absolute atomic E-state index is 12.2. The zero-order chi connectivity index (χ0) is 19.8. The number of carbonyl (C=O) groups excluding carboxylic acids is 1. The highest BCUT2D eigenvalue weighted by Crippen LogP contribution is 2.30. The van der Waals surface area contributed by atoms with Crippen molar-refractivity contribution in [2.45, 2.75) is 69.7 Å². The third-order valence-corrected chi connectivity index (χ3v) is 5.47. The minimum atomic E-state index is -0.669. The molecule has 1 aliphatic carbocycles. The summed E-state index contributed by atoms with van der Waals surface area (Å²) >= 11 is 0. The Morgan fingerprint density at radius 3 is 2.78 bits per heavy atom. The topological polar surface area (TPSA) is 96.2 Å². The molecule has 1 fully saturated rings. The number of rotatable bonds is 10. The summed E-state index contributed by atoms with van der Waals surface area (Å²) in [5, 5.41) is 29.6. The van der Waals surface area contributed by atoms with Crippen molar-refractivity contribution in [3.8, 4) is 11.5 Å². The molecule has 4 atom stereocenters. The fourth-order valence-corrected chi connectivity index (χ4v) is 3.75. The fourth-order valence-electron chi connectivity index (χ4n) is 3.75. The fraction of sp³-hybridized carbons (Fsp3) is 0.667. The molecule has 0 bridgehead atoms. The molecule has 0 radical (unpaired) electrons. The Morgan fingerprint density at radius 1 is 1.30 bits per heavy atom. The van der Waals surface area contributed by atoms with E-state index in [0.29, 0.717) is 30.9 Å². The number of aryl methyl sites for hydroxylation is 1. The SMILES string of the molecule is COc1cc(CC[C@H](O)CC(=O)CC[C@@H]2CC[C@@H](O)[C@@H](OC)C2)ccc1O. The van der Waals surface area contributed by atoms with E-state index in [4.69, 9.17) is 9.47 Å². The van der Waals surface area contributed by atoms with Gasteiger partial charge in [0.15, 0.2) is 11.5 Å². The van der Waals surface area contributed by atoms with Crippen molar-refractivity contribution in [3.05, 3.63) is 23.8 Å². The van der Waals surface area contributed by atoms with Crippen molar-refractivity contribution in [3.63, 3.8) is 0 Å². The van der Waals surface area contributed by atoms with E-state index in [2.05, 4.69) is 0 Å². The number of ether oxygens (including phenoxy) is 2. The van der Waals surface area contributed by atoms with Crippen LogP contribution in [0.15, 0.2) is 18.2 Å². The molecular weight excluding hydrogens is 348 g/mol. The normalized spacial score (nSPS) is 23.8. The van der Waals surface area contributed by atoms with Gasteiger partial charge in [-0.05, 0) is 62.1 Å². The highest BCUT2D eigenvalue weighted by Gasteiger charge is 2.29. The van der Waals surface area contributed by atoms with Gasteiger partial charge in [-0.25, -0.2) is 0 Å². The molecule has 1 aromatic rings. The molecule has 0 aromatic heterocycles. The van der Waals surface area contributed by atoms with Gasteiger partial charge in [-0.2, -0.15) is 0 Å². The van der Waals surface area contributed by atoms with Crippen LogP contribution in [-0.2, 0) is 16.0 Å². The first-order valence-electron chi connectivity index (χ1n) is 9.69. The second-order valence-corrected chi connectivity index (χ2v) is 7.50. The minimum absolute atomic E-state index is 0.0749. The summed E-state index contributed by atoms with van der Waals surface area (Å²) in [6.07, 6.45) is 3.73. The summed E-state index contributed by atoms with van der Waals surface area (Å²) < 4.78 is 10.4. The molecule has 3 N–H and O–H groups in total. The number of methoxy groups -OCH3 is 2. The van der Waals surface area contributed by atoms with E-state index in [-0.39, 0.29) is 24.1 Å². The van der Waals surface area contributed by atoms with Gasteiger partial charge < -0.3 is 24.8 Å². The first-order valence-corrected chi connectivity index (χ1v) is 9.69. The van der Waals surface area contributed by atoms with E-state index in [0.717, 1.165) is 31.2 Å². The number of aliphatic hydroxyl groups excluding tert-OH is 2. The Bertz CT molecular complexity index is 602. The van der Waals surface area contributed by atoms with Gasteiger partial charge in [-0.15, -0.1) is 0 Å². The van der Waals surface area contributed by atoms with E-state index in [1.165, 1.54) is 7.11 Å². The number of hydrogen-bond donors (Lipinski definition) is 3. The van der Waals surface area contributed by atoms with Gasteiger partial charge in [0.25, 0.3) is 0 Å². The lowest BCUT2D eigenvalue weighted by molar-refractivity contribution is -0.121. The number of aromatic hydroxyl groups is 1. The van der Waals surface area contributed by atoms with Gasteiger partial charge in [0.1, 0.15) is 5.78 Å². The second-order valence-electron chi connectivity index (χ2n) is 7.50. The zero-order valence-electron chi connectivity index (χ0n) is 16.3. The van der Waals surface area contributed by atoms with Crippen LogP contribution in [0.25, 0.3) is 0 Å². The van der Waals surface area contributed by atoms with Gasteiger partial charge in [0.05, 0.1) is 25.4 Å². The van der Waals surface area contributed by atoms with Crippen molar-refractivity contribution in [2.75, 3.05) is 14.2 Å². The van der Waals surface area contributed by atoms with Crippen LogP contribution in [0, 0.1) is 5.92 Å². The zero-order valence-corrected chi connectivity index (χ0v) is 16.3. The molecular formula is C21H32O6. The standard InChI is InChI=1S/C21H32O6/c1-26-20-11-14(5-9-18(20)24)3-7-16(22)13-17(23)8-4-15-6-10-19(25)21(12-15)27-2/h5,9,11,15-16,19,21-22,24-25H,3-4,6-8,10,12-13H2,1-2H3/t15-,16+,19-,21+/m1/s1. The van der Waals surface area contributed by atoms with E-state index in [1.807, 2.05) is 0 Å². The quantitative estimate of drug-likeness (QED) is 0.577. The van der Waals surface area contributed by atoms with Crippen LogP contribution in [0.2, 0.25) is 0 Å². The molecule has 0 saturated heterocycles. The van der Waals surface area contributed by atoms with Crippen molar-refractivity contribution in [1.29, 1.82) is 0 Å². The molecule has 2 rings (SSSR count). The highest BCUT2D eigenvalue weighted by molar-refractivity contribution is 5.78. The lowest BCUT2D eigenvalue weighted by atomic mass is 9.82. The first kappa shape index (κ1) is 21.7. The summed E-state index contributed by atoms with van der Waals surface area (Å²) in [6.45, 7) is 0. The number of aliphatic hydroxyl groups is 2. The number of Topliss-reactive ketones (excluding diaryl/α,β-unsaturated/α-hetero) is 1. The molecule has 0 unspecified atom stereocenters. The Morgan fingerprint density at radius 2 is 2.07 bits per heavy atom. The first-order chi connectivity index (χ1) is 12.9. The average molecular weight is 380 g/mol. The van der Waals surface area contributed by atoms with Crippen LogP contribution in [-0.4, -0.2) is 53.6 Å². The number of phenolic OH excluding ortho intramolecular Hbond substituents is 1. The van der Waals surface area contributed by atoms with E-state index >= 15 is 0 Å². The van der Waals surface area contributed by atoms with E-state index in [1.54, 1.807) is 25.3 Å². The molecule has 0 aliphatic heterocycles. The van der Waals surface area contributed by atoms with E-state index < -0.39 is 12.2 Å². The molecule has 0 spiro atoms. The Kier molecular flexibility index (Phi) is 8.54. The predicted octanol–water partition coefficient (Wildman–Crippen LogP) is 2.61. The largest absolute Gasteiger partial charge is 0.504 e. The van der Waals surface area contributed by atoms with Crippen molar-refractivity contribution in [1.82, 2.24) is 0 Å². The molecule has 0 amide bonds. The van der Waals surface area contributed by atoms with Gasteiger partial charge in [-0.3, -0.25) is 4.79 Å². The summed E-state index contributed by atoms with van der Waals surface area (Å²) in [6, 6.07) is 5.10. The second kappa shape index (κ2) is 10.6. The predicted molar refractivity (Wildman–Crippen MR) is 102 cm³/mol. The van der Waals surface area contributed by atoms with Crippen LogP contribution < -0.4 is 4.74 Å². The van der Waals surface area contributed by atoms with Crippen molar-refractivity contribution < 1.29 is 29.6 Å². The minimum Gasteiger partial charge on any atom is -0.504 e. The molecule has 27 heavy (non-hydrogen) atoms. The molecule has 0 heterocycles. The maximum atomic E-state index is 12.2. The highest BCUT2D eigenvalue weighted by atomic mass is 16.5. The van der Waals surface area contributed by atoms with Gasteiger partial charge >= 0.3 is 0 Å². The molecule has 6 heteroatoms. The molecule has 6 nitrogen and oxygen atoms in total. The summed E-state index contributed by atoms with van der Waals surface area (Å²) in [5.41, 5.74) is 0.947. The Hall–Kier alpha value is -1.63. The van der Waals surface area contributed by atoms with Crippen LogP contribution in [0.3, 0.4) is 0 Å². The Balaban J connectivity index is 1.69. The summed E-state index contributed by atoms with van der Waals surface area (Å²) in [7, 11) is 3.11. The molecule has 152 valence electrons. The lowest BCUT2D eigenvalue weighted by Crippen LogP contribution is -2.35. The summed E-state index contributed by atoms with van der Waals surface area (Å²) in [5.74, 6) is 0.961. The third-order valence-electron chi connectivity index (χ3n) is 5.47. The van der Waals surface area contributed by atoms with E-state index in [9.17, 15) is 20.1 Å². The smallest absolute Gasteiger partial charge is 0.160 e. The third kappa shape index (κ3) is 6.79. The maximum Gasteiger partial charge on any atom is 0.160 e. The monoisotopic (exact) mass is 380 g/mol. The van der Waals surface area contributed by atoms with Crippen molar-refractivity contribution in [2.24, 2.45) is 5.92 Å². The van der Waals surface area contributed by atoms with Crippen LogP contribution in [0.4, 0.5) is 0 Å². The molecule has 1 aliphatic rings. The number of benzene rings is 1. The van der Waals surface area contributed by atoms with Gasteiger partial charge in [0.2, 0.25) is 0 Å². The number of hydrogen-bond acceptors (Lipinski definition) is 6.